The standard InChI is InChI=1S/C23H18ClN3O2S/c24-18-10-4-6-12-21(18)29-16-27-15-14-20(26-27)23(28)25-19-11-5-7-13-22(19)30-17-8-2-1-3-9-17/h1-15H,16H2,(H,25,28). The third kappa shape index (κ3) is 5.03. The van der Waals surface area contributed by atoms with Crippen LogP contribution in [0.4, 0.5) is 5.69 Å². The lowest BCUT2D eigenvalue weighted by Gasteiger charge is -2.10. The van der Waals surface area contributed by atoms with E-state index >= 15 is 0 Å². The van der Waals surface area contributed by atoms with Crippen LogP contribution in [-0.4, -0.2) is 15.7 Å². The van der Waals surface area contributed by atoms with E-state index in [1.807, 2.05) is 66.7 Å². The monoisotopic (exact) mass is 435 g/mol. The third-order valence-electron chi connectivity index (χ3n) is 4.17. The average Bonchev–Trinajstić information content (AvgIpc) is 3.25. The molecule has 0 bridgehead atoms. The van der Waals surface area contributed by atoms with Crippen LogP contribution in [0, 0.1) is 0 Å². The van der Waals surface area contributed by atoms with Crippen molar-refractivity contribution in [1.29, 1.82) is 0 Å². The summed E-state index contributed by atoms with van der Waals surface area (Å²) in [5.41, 5.74) is 1.04. The van der Waals surface area contributed by atoms with Crippen LogP contribution in [0.1, 0.15) is 10.5 Å². The van der Waals surface area contributed by atoms with Gasteiger partial charge in [0.05, 0.1) is 10.7 Å². The van der Waals surface area contributed by atoms with Gasteiger partial charge in [-0.2, -0.15) is 5.10 Å². The lowest BCUT2D eigenvalue weighted by Crippen LogP contribution is -2.14. The Hall–Kier alpha value is -3.22. The molecule has 4 aromatic rings. The Kier molecular flexibility index (Phi) is 6.37. The second kappa shape index (κ2) is 9.52. The number of nitrogens with one attached hydrogen (secondary N) is 1. The largest absolute Gasteiger partial charge is 0.470 e. The molecule has 0 unspecified atom stereocenters. The van der Waals surface area contributed by atoms with Crippen molar-refractivity contribution in [2.75, 3.05) is 5.32 Å². The van der Waals surface area contributed by atoms with Crippen LogP contribution >= 0.6 is 23.4 Å². The van der Waals surface area contributed by atoms with E-state index in [0.717, 1.165) is 15.5 Å². The van der Waals surface area contributed by atoms with E-state index in [0.29, 0.717) is 16.5 Å². The molecule has 0 spiro atoms. The lowest BCUT2D eigenvalue weighted by molar-refractivity contribution is 0.102. The van der Waals surface area contributed by atoms with Crippen LogP contribution in [0.5, 0.6) is 5.75 Å². The Balaban J connectivity index is 1.42. The summed E-state index contributed by atoms with van der Waals surface area (Å²) >= 11 is 7.68. The van der Waals surface area contributed by atoms with Gasteiger partial charge in [0.1, 0.15) is 5.75 Å². The Morgan fingerprint density at radius 1 is 0.967 bits per heavy atom. The molecule has 0 aliphatic carbocycles. The summed E-state index contributed by atoms with van der Waals surface area (Å²) in [5.74, 6) is 0.278. The molecule has 150 valence electrons. The van der Waals surface area contributed by atoms with Crippen molar-refractivity contribution in [2.45, 2.75) is 16.5 Å². The fourth-order valence-electron chi connectivity index (χ4n) is 2.71. The molecular formula is C23H18ClN3O2S. The molecule has 0 fully saturated rings. The minimum Gasteiger partial charge on any atom is -0.470 e. The molecule has 0 atom stereocenters. The van der Waals surface area contributed by atoms with Crippen molar-refractivity contribution in [1.82, 2.24) is 9.78 Å². The maximum atomic E-state index is 12.7. The molecule has 1 aromatic heterocycles. The smallest absolute Gasteiger partial charge is 0.276 e. The quantitative estimate of drug-likeness (QED) is 0.388. The molecule has 1 N–H and O–H groups in total. The highest BCUT2D eigenvalue weighted by atomic mass is 35.5. The Labute approximate surface area is 183 Å². The van der Waals surface area contributed by atoms with Gasteiger partial charge in [-0.25, -0.2) is 4.68 Å². The number of rotatable bonds is 7. The Morgan fingerprint density at radius 2 is 1.70 bits per heavy atom. The van der Waals surface area contributed by atoms with Gasteiger partial charge in [-0.3, -0.25) is 4.79 Å². The minimum absolute atomic E-state index is 0.150. The predicted molar refractivity (Wildman–Crippen MR) is 119 cm³/mol. The van der Waals surface area contributed by atoms with E-state index in [2.05, 4.69) is 10.4 Å². The summed E-state index contributed by atoms with van der Waals surface area (Å²) < 4.78 is 7.20. The van der Waals surface area contributed by atoms with Gasteiger partial charge in [0, 0.05) is 16.0 Å². The Bertz CT molecular complexity index is 1150. The van der Waals surface area contributed by atoms with E-state index in [4.69, 9.17) is 16.3 Å². The van der Waals surface area contributed by atoms with Gasteiger partial charge in [0.2, 0.25) is 0 Å². The molecule has 0 saturated carbocycles. The third-order valence-corrected chi connectivity index (χ3v) is 5.56. The highest BCUT2D eigenvalue weighted by Gasteiger charge is 2.13. The van der Waals surface area contributed by atoms with Crippen LogP contribution in [0.25, 0.3) is 0 Å². The number of amides is 1. The number of hydrogen-bond donors (Lipinski definition) is 1. The van der Waals surface area contributed by atoms with Crippen molar-refractivity contribution >= 4 is 35.0 Å². The molecule has 0 aliphatic rings. The molecular weight excluding hydrogens is 418 g/mol. The number of para-hydroxylation sites is 2. The topological polar surface area (TPSA) is 56.2 Å². The molecule has 0 saturated heterocycles. The van der Waals surface area contributed by atoms with Crippen LogP contribution in [0.2, 0.25) is 5.02 Å². The molecule has 0 aliphatic heterocycles. The zero-order chi connectivity index (χ0) is 20.8. The van der Waals surface area contributed by atoms with Crippen molar-refractivity contribution in [3.8, 4) is 5.75 Å². The molecule has 1 heterocycles. The van der Waals surface area contributed by atoms with E-state index in [1.165, 1.54) is 0 Å². The van der Waals surface area contributed by atoms with Gasteiger partial charge in [0.25, 0.3) is 5.91 Å². The van der Waals surface area contributed by atoms with Crippen molar-refractivity contribution in [3.63, 3.8) is 0 Å². The Morgan fingerprint density at radius 3 is 2.53 bits per heavy atom. The number of benzene rings is 3. The molecule has 4 rings (SSSR count). The molecule has 0 radical (unpaired) electrons. The fraction of sp³-hybridized carbons (Fsp3) is 0.0435. The number of halogens is 1. The van der Waals surface area contributed by atoms with Crippen molar-refractivity contribution < 1.29 is 9.53 Å². The van der Waals surface area contributed by atoms with Crippen LogP contribution in [-0.2, 0) is 6.73 Å². The number of hydrogen-bond acceptors (Lipinski definition) is 4. The fourth-order valence-corrected chi connectivity index (χ4v) is 3.83. The van der Waals surface area contributed by atoms with Gasteiger partial charge >= 0.3 is 0 Å². The first kappa shape index (κ1) is 20.1. The summed E-state index contributed by atoms with van der Waals surface area (Å²) in [5, 5.41) is 7.76. The number of aromatic nitrogens is 2. The normalized spacial score (nSPS) is 10.6. The molecule has 7 heteroatoms. The van der Waals surface area contributed by atoms with Crippen LogP contribution in [0.3, 0.4) is 0 Å². The maximum absolute atomic E-state index is 12.7. The summed E-state index contributed by atoms with van der Waals surface area (Å²) in [7, 11) is 0. The van der Waals surface area contributed by atoms with Crippen molar-refractivity contribution in [3.05, 3.63) is 102 Å². The molecule has 5 nitrogen and oxygen atoms in total. The van der Waals surface area contributed by atoms with E-state index in [1.54, 1.807) is 40.8 Å². The average molecular weight is 436 g/mol. The van der Waals surface area contributed by atoms with Crippen LogP contribution in [0.15, 0.2) is 101 Å². The van der Waals surface area contributed by atoms with Gasteiger partial charge < -0.3 is 10.1 Å². The zero-order valence-corrected chi connectivity index (χ0v) is 17.4. The number of nitrogens with zero attached hydrogens (tertiary/aromatic N) is 2. The van der Waals surface area contributed by atoms with Gasteiger partial charge in [-0.05, 0) is 42.5 Å². The first-order valence-corrected chi connectivity index (χ1v) is 10.4. The number of ether oxygens (including phenoxy) is 1. The van der Waals surface area contributed by atoms with E-state index in [-0.39, 0.29) is 12.6 Å². The summed E-state index contributed by atoms with van der Waals surface area (Å²) in [6.07, 6.45) is 1.69. The first-order valence-electron chi connectivity index (χ1n) is 9.23. The van der Waals surface area contributed by atoms with Gasteiger partial charge in [0.15, 0.2) is 12.4 Å². The summed E-state index contributed by atoms with van der Waals surface area (Å²) in [4.78, 5) is 14.8. The first-order chi connectivity index (χ1) is 14.7. The molecule has 3 aromatic carbocycles. The van der Waals surface area contributed by atoms with Gasteiger partial charge in [-0.1, -0.05) is 65.8 Å². The highest BCUT2D eigenvalue weighted by Crippen LogP contribution is 2.33. The second-order valence-corrected chi connectivity index (χ2v) is 7.83. The number of anilines is 1. The van der Waals surface area contributed by atoms with E-state index in [9.17, 15) is 4.79 Å². The second-order valence-electron chi connectivity index (χ2n) is 6.31. The minimum atomic E-state index is -0.285. The highest BCUT2D eigenvalue weighted by molar-refractivity contribution is 7.99. The zero-order valence-electron chi connectivity index (χ0n) is 15.9. The SMILES string of the molecule is O=C(Nc1ccccc1Sc1ccccc1)c1ccn(COc2ccccc2Cl)n1. The van der Waals surface area contributed by atoms with Gasteiger partial charge in [-0.15, -0.1) is 0 Å². The summed E-state index contributed by atoms with van der Waals surface area (Å²) in [6.45, 7) is 0.150. The predicted octanol–water partition coefficient (Wildman–Crippen LogP) is 5.98. The molecule has 30 heavy (non-hydrogen) atoms. The molecule has 1 amide bonds. The van der Waals surface area contributed by atoms with Crippen molar-refractivity contribution in [2.24, 2.45) is 0 Å². The lowest BCUT2D eigenvalue weighted by atomic mass is 10.3. The number of carbonyl (C=O) groups is 1. The summed E-state index contributed by atoms with van der Waals surface area (Å²) in [6, 6.07) is 26.6. The number of carbonyl (C=O) groups excluding carboxylic acids is 1. The van der Waals surface area contributed by atoms with Crippen LogP contribution < -0.4 is 10.1 Å². The maximum Gasteiger partial charge on any atom is 0.276 e. The van der Waals surface area contributed by atoms with E-state index < -0.39 is 0 Å².